The number of anilines is 1. The molecule has 0 atom stereocenters. The highest BCUT2D eigenvalue weighted by Crippen LogP contribution is 2.21. The Morgan fingerprint density at radius 1 is 1.18 bits per heavy atom. The van der Waals surface area contributed by atoms with E-state index in [1.807, 2.05) is 78.4 Å². The van der Waals surface area contributed by atoms with Crippen molar-refractivity contribution in [1.29, 1.82) is 0 Å². The molecule has 0 saturated heterocycles. The van der Waals surface area contributed by atoms with Crippen LogP contribution in [0.2, 0.25) is 0 Å². The SMILES string of the molecule is CN(C)c1ccc2cc(/C=C/c3cc[n+](CCCN=[N+]=[N-])cc3)c(=O)oc2c1. The maximum atomic E-state index is 12.3. The molecule has 0 bridgehead atoms. The smallest absolute Gasteiger partial charge is 0.343 e. The third-order valence-electron chi connectivity index (χ3n) is 4.37. The van der Waals surface area contributed by atoms with Gasteiger partial charge in [0.05, 0.1) is 5.56 Å². The normalized spacial score (nSPS) is 10.9. The van der Waals surface area contributed by atoms with Gasteiger partial charge in [-0.3, -0.25) is 0 Å². The first-order chi connectivity index (χ1) is 13.6. The van der Waals surface area contributed by atoms with Crippen LogP contribution in [-0.2, 0) is 6.54 Å². The molecule has 0 aliphatic heterocycles. The van der Waals surface area contributed by atoms with Crippen LogP contribution in [0.15, 0.2) is 63.1 Å². The van der Waals surface area contributed by atoms with Crippen molar-refractivity contribution >= 4 is 28.8 Å². The second-order valence-electron chi connectivity index (χ2n) is 6.62. The zero-order valence-electron chi connectivity index (χ0n) is 15.9. The fourth-order valence-corrected chi connectivity index (χ4v) is 2.79. The van der Waals surface area contributed by atoms with Gasteiger partial charge in [0.15, 0.2) is 12.4 Å². The molecule has 0 fully saturated rings. The van der Waals surface area contributed by atoms with Gasteiger partial charge in [-0.1, -0.05) is 11.2 Å². The van der Waals surface area contributed by atoms with Gasteiger partial charge in [-0.05, 0) is 35.4 Å². The van der Waals surface area contributed by atoms with Crippen molar-refractivity contribution in [3.8, 4) is 0 Å². The summed E-state index contributed by atoms with van der Waals surface area (Å²) in [6, 6.07) is 11.6. The number of azide groups is 1. The average Bonchev–Trinajstić information content (AvgIpc) is 2.70. The van der Waals surface area contributed by atoms with Crippen molar-refractivity contribution in [2.24, 2.45) is 5.11 Å². The maximum absolute atomic E-state index is 12.3. The summed E-state index contributed by atoms with van der Waals surface area (Å²) >= 11 is 0. The van der Waals surface area contributed by atoms with Crippen LogP contribution in [0.4, 0.5) is 5.69 Å². The van der Waals surface area contributed by atoms with E-state index in [2.05, 4.69) is 10.0 Å². The van der Waals surface area contributed by atoms with E-state index in [1.165, 1.54) is 0 Å². The minimum atomic E-state index is -0.358. The zero-order chi connectivity index (χ0) is 19.9. The number of hydrogen-bond donors (Lipinski definition) is 0. The molecular weight excluding hydrogens is 354 g/mol. The Balaban J connectivity index is 1.75. The van der Waals surface area contributed by atoms with Gasteiger partial charge in [0.25, 0.3) is 0 Å². The Kier molecular flexibility index (Phi) is 6.09. The first-order valence-corrected chi connectivity index (χ1v) is 9.00. The van der Waals surface area contributed by atoms with Gasteiger partial charge in [-0.15, -0.1) is 0 Å². The van der Waals surface area contributed by atoms with Gasteiger partial charge < -0.3 is 9.32 Å². The van der Waals surface area contributed by atoms with E-state index in [1.54, 1.807) is 6.08 Å². The molecule has 7 heteroatoms. The van der Waals surface area contributed by atoms with E-state index in [0.29, 0.717) is 17.7 Å². The van der Waals surface area contributed by atoms with Crippen LogP contribution < -0.4 is 15.1 Å². The zero-order valence-corrected chi connectivity index (χ0v) is 15.9. The Morgan fingerprint density at radius 2 is 1.96 bits per heavy atom. The molecule has 0 spiro atoms. The second kappa shape index (κ2) is 8.88. The standard InChI is InChI=1S/C21H22N5O2/c1-25(2)19-7-6-17-14-18(21(27)28-20(17)15-19)5-4-16-8-12-26(13-9-16)11-3-10-23-24-22/h4-9,12-15H,3,10-11H2,1-2H3/q+1. The van der Waals surface area contributed by atoms with E-state index >= 15 is 0 Å². The summed E-state index contributed by atoms with van der Waals surface area (Å²) in [5, 5.41) is 4.41. The van der Waals surface area contributed by atoms with E-state index in [9.17, 15) is 4.79 Å². The van der Waals surface area contributed by atoms with Gasteiger partial charge in [0.2, 0.25) is 0 Å². The highest BCUT2D eigenvalue weighted by atomic mass is 16.4. The van der Waals surface area contributed by atoms with Crippen LogP contribution in [0, 0.1) is 0 Å². The number of pyridine rings is 1. The number of fused-ring (bicyclic) bond motifs is 1. The van der Waals surface area contributed by atoms with Crippen molar-refractivity contribution in [3.05, 3.63) is 80.8 Å². The molecule has 0 radical (unpaired) electrons. The molecule has 142 valence electrons. The number of benzene rings is 1. The average molecular weight is 376 g/mol. The Morgan fingerprint density at radius 3 is 2.68 bits per heavy atom. The third kappa shape index (κ3) is 4.78. The quantitative estimate of drug-likeness (QED) is 0.156. The van der Waals surface area contributed by atoms with Crippen molar-refractivity contribution in [2.75, 3.05) is 25.5 Å². The molecular formula is C21H22N5O2+. The molecule has 0 aliphatic carbocycles. The highest BCUT2D eigenvalue weighted by Gasteiger charge is 2.05. The fourth-order valence-electron chi connectivity index (χ4n) is 2.79. The van der Waals surface area contributed by atoms with Crippen LogP contribution in [0.5, 0.6) is 0 Å². The molecule has 0 unspecified atom stereocenters. The van der Waals surface area contributed by atoms with Crippen LogP contribution >= 0.6 is 0 Å². The molecule has 7 nitrogen and oxygen atoms in total. The van der Waals surface area contributed by atoms with Crippen molar-refractivity contribution in [3.63, 3.8) is 0 Å². The molecule has 1 aromatic carbocycles. The lowest BCUT2D eigenvalue weighted by Gasteiger charge is -2.12. The van der Waals surface area contributed by atoms with Crippen molar-refractivity contribution in [1.82, 2.24) is 0 Å². The lowest BCUT2D eigenvalue weighted by molar-refractivity contribution is -0.697. The van der Waals surface area contributed by atoms with Gasteiger partial charge in [0, 0.05) is 61.2 Å². The monoisotopic (exact) mass is 376 g/mol. The summed E-state index contributed by atoms with van der Waals surface area (Å²) < 4.78 is 7.51. The van der Waals surface area contributed by atoms with E-state index in [4.69, 9.17) is 9.95 Å². The summed E-state index contributed by atoms with van der Waals surface area (Å²) in [6.07, 6.45) is 8.36. The number of rotatable bonds is 7. The van der Waals surface area contributed by atoms with Gasteiger partial charge >= 0.3 is 5.63 Å². The minimum Gasteiger partial charge on any atom is -0.422 e. The van der Waals surface area contributed by atoms with Crippen molar-refractivity contribution < 1.29 is 8.98 Å². The summed E-state index contributed by atoms with van der Waals surface area (Å²) in [5.41, 5.74) is 11.0. The summed E-state index contributed by atoms with van der Waals surface area (Å²) in [4.78, 5) is 17.0. The predicted molar refractivity (Wildman–Crippen MR) is 111 cm³/mol. The Bertz CT molecular complexity index is 1090. The third-order valence-corrected chi connectivity index (χ3v) is 4.37. The fraction of sp³-hybridized carbons (Fsp3) is 0.238. The molecule has 0 N–H and O–H groups in total. The second-order valence-corrected chi connectivity index (χ2v) is 6.62. The first kappa shape index (κ1) is 19.2. The lowest BCUT2D eigenvalue weighted by Crippen LogP contribution is -2.32. The lowest BCUT2D eigenvalue weighted by atomic mass is 10.1. The number of nitrogens with zero attached hydrogens (tertiary/aromatic N) is 5. The van der Waals surface area contributed by atoms with Crippen LogP contribution in [0.3, 0.4) is 0 Å². The number of aryl methyl sites for hydroxylation is 1. The maximum Gasteiger partial charge on any atom is 0.343 e. The van der Waals surface area contributed by atoms with Crippen LogP contribution in [-0.4, -0.2) is 20.6 Å². The highest BCUT2D eigenvalue weighted by molar-refractivity contribution is 5.83. The predicted octanol–water partition coefficient (Wildman–Crippen LogP) is 4.02. The van der Waals surface area contributed by atoms with Gasteiger partial charge in [-0.25, -0.2) is 9.36 Å². The topological polar surface area (TPSA) is 86.1 Å². The van der Waals surface area contributed by atoms with Gasteiger partial charge in [-0.2, -0.15) is 0 Å². The van der Waals surface area contributed by atoms with E-state index < -0.39 is 0 Å². The molecule has 0 saturated carbocycles. The van der Waals surface area contributed by atoms with Gasteiger partial charge in [0.1, 0.15) is 12.1 Å². The molecule has 0 aliphatic rings. The summed E-state index contributed by atoms with van der Waals surface area (Å²) in [6.45, 7) is 1.27. The van der Waals surface area contributed by atoms with Crippen LogP contribution in [0.25, 0.3) is 33.6 Å². The largest absolute Gasteiger partial charge is 0.422 e. The number of aromatic nitrogens is 1. The molecule has 28 heavy (non-hydrogen) atoms. The summed E-state index contributed by atoms with van der Waals surface area (Å²) in [5.74, 6) is 0. The molecule has 2 heterocycles. The Hall–Kier alpha value is -3.57. The molecule has 2 aromatic heterocycles. The van der Waals surface area contributed by atoms with Crippen LogP contribution in [0.1, 0.15) is 17.5 Å². The molecule has 0 amide bonds. The number of hydrogen-bond acceptors (Lipinski definition) is 4. The van der Waals surface area contributed by atoms with Crippen molar-refractivity contribution in [2.45, 2.75) is 13.0 Å². The Labute approximate surface area is 162 Å². The molecule has 3 aromatic rings. The van der Waals surface area contributed by atoms with E-state index in [-0.39, 0.29) is 5.63 Å². The molecule has 3 rings (SSSR count). The first-order valence-electron chi connectivity index (χ1n) is 9.00. The summed E-state index contributed by atoms with van der Waals surface area (Å²) in [7, 11) is 3.89. The minimum absolute atomic E-state index is 0.358. The van der Waals surface area contributed by atoms with E-state index in [0.717, 1.165) is 29.6 Å².